The molecule has 0 bridgehead atoms. The number of ether oxygens (including phenoxy) is 1. The average Bonchev–Trinajstić information content (AvgIpc) is 3.30. The van der Waals surface area contributed by atoms with Gasteiger partial charge >= 0.3 is 0 Å². The Morgan fingerprint density at radius 1 is 1.00 bits per heavy atom. The molecule has 1 N–H and O–H groups in total. The van der Waals surface area contributed by atoms with Gasteiger partial charge < -0.3 is 10.1 Å². The highest BCUT2D eigenvalue weighted by atomic mass is 35.5. The van der Waals surface area contributed by atoms with Gasteiger partial charge in [0.25, 0.3) is 0 Å². The summed E-state index contributed by atoms with van der Waals surface area (Å²) in [6, 6.07) is 24.4. The normalized spacial score (nSPS) is 18.8. The average molecular weight is 459 g/mol. The van der Waals surface area contributed by atoms with Gasteiger partial charge in [-0.2, -0.15) is 10.1 Å². The van der Waals surface area contributed by atoms with Gasteiger partial charge in [-0.1, -0.05) is 48.0 Å². The van der Waals surface area contributed by atoms with Crippen LogP contribution in [0.2, 0.25) is 5.02 Å². The zero-order valence-corrected chi connectivity index (χ0v) is 18.8. The summed E-state index contributed by atoms with van der Waals surface area (Å²) in [5.41, 5.74) is 5.23. The molecule has 0 radical (unpaired) electrons. The molecule has 0 fully saturated rings. The Morgan fingerprint density at radius 3 is 2.66 bits per heavy atom. The van der Waals surface area contributed by atoms with Crippen molar-refractivity contribution in [3.05, 3.63) is 106 Å². The fourth-order valence-corrected chi connectivity index (χ4v) is 5.08. The molecular formula is C25H19ClN4OS. The molecule has 3 heterocycles. The second-order valence-electron chi connectivity index (χ2n) is 7.71. The van der Waals surface area contributed by atoms with Crippen LogP contribution in [0.1, 0.15) is 28.8 Å². The fourth-order valence-electron chi connectivity index (χ4n) is 4.47. The molecule has 2 aliphatic rings. The van der Waals surface area contributed by atoms with Gasteiger partial charge in [-0.3, -0.25) is 0 Å². The monoisotopic (exact) mass is 458 g/mol. The Balaban J connectivity index is 1.61. The van der Waals surface area contributed by atoms with Crippen molar-refractivity contribution in [3.8, 4) is 5.75 Å². The molecule has 3 aromatic carbocycles. The molecule has 2 aliphatic heterocycles. The first-order chi connectivity index (χ1) is 15.7. The summed E-state index contributed by atoms with van der Waals surface area (Å²) in [5, 5.41) is 8.76. The second-order valence-corrected chi connectivity index (χ2v) is 9.02. The summed E-state index contributed by atoms with van der Waals surface area (Å²) in [6.45, 7) is 0. The maximum Gasteiger partial charge on any atom is 0.226 e. The van der Waals surface area contributed by atoms with Crippen LogP contribution in [0.5, 0.6) is 5.75 Å². The van der Waals surface area contributed by atoms with Gasteiger partial charge in [0, 0.05) is 21.1 Å². The Kier molecular flexibility index (Phi) is 4.70. The van der Waals surface area contributed by atoms with Crippen LogP contribution in [0.25, 0.3) is 5.70 Å². The Bertz CT molecular complexity index is 1350. The van der Waals surface area contributed by atoms with Crippen LogP contribution in [-0.4, -0.2) is 21.0 Å². The van der Waals surface area contributed by atoms with E-state index in [9.17, 15) is 0 Å². The predicted octanol–water partition coefficient (Wildman–Crippen LogP) is 6.21. The molecule has 1 aromatic heterocycles. The second kappa shape index (κ2) is 7.73. The van der Waals surface area contributed by atoms with Crippen molar-refractivity contribution in [2.75, 3.05) is 11.6 Å². The molecule has 0 unspecified atom stereocenters. The molecule has 32 heavy (non-hydrogen) atoms. The van der Waals surface area contributed by atoms with E-state index in [1.165, 1.54) is 4.90 Å². The molecule has 158 valence electrons. The lowest BCUT2D eigenvalue weighted by molar-refractivity contribution is 0.223. The van der Waals surface area contributed by atoms with E-state index in [0.717, 1.165) is 33.7 Å². The van der Waals surface area contributed by atoms with E-state index in [2.05, 4.69) is 58.1 Å². The summed E-state index contributed by atoms with van der Waals surface area (Å²) in [6.07, 6.45) is 3.37. The van der Waals surface area contributed by atoms with Gasteiger partial charge in [0.2, 0.25) is 5.95 Å². The largest absolute Gasteiger partial charge is 0.480 e. The SMILES string of the molecule is CSc1ccc([C@H]2Oc3ccccc3C3=C2[C@H](c2cccc(Cl)c2)n2ncnc2N3)cc1. The summed E-state index contributed by atoms with van der Waals surface area (Å²) in [5.74, 6) is 1.54. The number of fused-ring (bicyclic) bond motifs is 3. The van der Waals surface area contributed by atoms with Crippen LogP contribution in [0.3, 0.4) is 0 Å². The molecule has 0 spiro atoms. The first-order valence-corrected chi connectivity index (χ1v) is 11.9. The Morgan fingerprint density at radius 2 is 1.84 bits per heavy atom. The van der Waals surface area contributed by atoms with Crippen LogP contribution in [0, 0.1) is 0 Å². The lowest BCUT2D eigenvalue weighted by Crippen LogP contribution is -2.32. The molecule has 2 atom stereocenters. The number of thioether (sulfide) groups is 1. The molecular weight excluding hydrogens is 440 g/mol. The summed E-state index contributed by atoms with van der Waals surface area (Å²) < 4.78 is 8.54. The van der Waals surface area contributed by atoms with Gasteiger partial charge in [0.1, 0.15) is 24.2 Å². The molecule has 0 saturated heterocycles. The number of anilines is 1. The summed E-state index contributed by atoms with van der Waals surface area (Å²) in [7, 11) is 0. The van der Waals surface area contributed by atoms with Crippen LogP contribution in [-0.2, 0) is 0 Å². The lowest BCUT2D eigenvalue weighted by Gasteiger charge is -2.39. The standard InChI is InChI=1S/C25H19ClN4OS/c1-32-18-11-9-15(10-12-18)24-21-22(19-7-2-3-8-20(19)31-24)29-25-27-14-28-30(25)23(21)16-5-4-6-17(26)13-16/h2-14,23-24H,1H3,(H,27,28,29)/t23-,24+/m0/s1. The predicted molar refractivity (Wildman–Crippen MR) is 128 cm³/mol. The number of hydrogen-bond donors (Lipinski definition) is 1. The Hall–Kier alpha value is -3.22. The van der Waals surface area contributed by atoms with Gasteiger partial charge in [-0.25, -0.2) is 4.68 Å². The number of benzene rings is 3. The van der Waals surface area contributed by atoms with E-state index in [-0.39, 0.29) is 12.1 Å². The van der Waals surface area contributed by atoms with Gasteiger partial charge in [-0.15, -0.1) is 11.8 Å². The number of hydrogen-bond acceptors (Lipinski definition) is 5. The summed E-state index contributed by atoms with van der Waals surface area (Å²) in [4.78, 5) is 5.68. The molecule has 7 heteroatoms. The fraction of sp³-hybridized carbons (Fsp3) is 0.120. The van der Waals surface area contributed by atoms with Crippen molar-refractivity contribution in [1.82, 2.24) is 14.8 Å². The van der Waals surface area contributed by atoms with Crippen LogP contribution in [0.15, 0.2) is 89.6 Å². The maximum atomic E-state index is 6.64. The first-order valence-electron chi connectivity index (χ1n) is 10.3. The highest BCUT2D eigenvalue weighted by Gasteiger charge is 2.40. The third-order valence-corrected chi connectivity index (χ3v) is 6.88. The summed E-state index contributed by atoms with van der Waals surface area (Å²) >= 11 is 8.12. The minimum absolute atomic E-state index is 0.207. The minimum atomic E-state index is -0.287. The number of para-hydroxylation sites is 1. The number of nitrogens with one attached hydrogen (secondary N) is 1. The van der Waals surface area contributed by atoms with Gasteiger partial charge in [0.05, 0.1) is 5.70 Å². The highest BCUT2D eigenvalue weighted by molar-refractivity contribution is 7.98. The molecule has 0 saturated carbocycles. The third kappa shape index (κ3) is 3.10. The topological polar surface area (TPSA) is 52.0 Å². The molecule has 6 rings (SSSR count). The van der Waals surface area contributed by atoms with E-state index in [4.69, 9.17) is 16.3 Å². The zero-order chi connectivity index (χ0) is 21.7. The maximum absolute atomic E-state index is 6.64. The highest BCUT2D eigenvalue weighted by Crippen LogP contribution is 2.50. The zero-order valence-electron chi connectivity index (χ0n) is 17.2. The van der Waals surface area contributed by atoms with E-state index < -0.39 is 0 Å². The number of nitrogens with zero attached hydrogens (tertiary/aromatic N) is 3. The molecule has 0 amide bonds. The number of aromatic nitrogens is 3. The quantitative estimate of drug-likeness (QED) is 0.370. The van der Waals surface area contributed by atoms with Gasteiger partial charge in [0.15, 0.2) is 0 Å². The molecule has 5 nitrogen and oxygen atoms in total. The van der Waals surface area contributed by atoms with E-state index in [1.54, 1.807) is 18.1 Å². The van der Waals surface area contributed by atoms with Gasteiger partial charge in [-0.05, 0) is 53.8 Å². The van der Waals surface area contributed by atoms with Crippen LogP contribution in [0.4, 0.5) is 5.95 Å². The van der Waals surface area contributed by atoms with Crippen molar-refractivity contribution in [2.24, 2.45) is 0 Å². The smallest absolute Gasteiger partial charge is 0.226 e. The number of rotatable bonds is 3. The van der Waals surface area contributed by atoms with Crippen LogP contribution >= 0.6 is 23.4 Å². The lowest BCUT2D eigenvalue weighted by atomic mass is 9.84. The van der Waals surface area contributed by atoms with Crippen LogP contribution < -0.4 is 10.1 Å². The van der Waals surface area contributed by atoms with Crippen molar-refractivity contribution >= 4 is 35.0 Å². The first kappa shape index (κ1) is 19.5. The van der Waals surface area contributed by atoms with E-state index in [0.29, 0.717) is 11.0 Å². The third-order valence-electron chi connectivity index (χ3n) is 5.90. The molecule has 4 aromatic rings. The number of halogens is 1. The molecule has 0 aliphatic carbocycles. The Labute approximate surface area is 195 Å². The van der Waals surface area contributed by atoms with Crippen molar-refractivity contribution in [2.45, 2.75) is 17.0 Å². The van der Waals surface area contributed by atoms with Crippen molar-refractivity contribution < 1.29 is 4.74 Å². The van der Waals surface area contributed by atoms with Crippen molar-refractivity contribution in [3.63, 3.8) is 0 Å². The van der Waals surface area contributed by atoms with Crippen molar-refractivity contribution in [1.29, 1.82) is 0 Å². The minimum Gasteiger partial charge on any atom is -0.480 e. The van der Waals surface area contributed by atoms with E-state index in [1.807, 2.05) is 41.1 Å². The van der Waals surface area contributed by atoms with E-state index >= 15 is 0 Å².